The van der Waals surface area contributed by atoms with E-state index in [2.05, 4.69) is 5.32 Å². The normalized spacial score (nSPS) is 13.2. The molecule has 2 aromatic carbocycles. The lowest BCUT2D eigenvalue weighted by molar-refractivity contribution is -0.384. The van der Waals surface area contributed by atoms with Gasteiger partial charge in [-0.05, 0) is 36.8 Å². The van der Waals surface area contributed by atoms with Gasteiger partial charge in [-0.3, -0.25) is 14.9 Å². The summed E-state index contributed by atoms with van der Waals surface area (Å²) in [5.41, 5.74) is 1.17. The molecule has 120 valence electrons. The third-order valence-corrected chi connectivity index (χ3v) is 3.61. The average molecular weight is 335 g/mol. The van der Waals surface area contributed by atoms with Crippen LogP contribution in [-0.2, 0) is 4.79 Å². The molecule has 0 radical (unpaired) electrons. The number of ketones is 1. The van der Waals surface area contributed by atoms with Gasteiger partial charge in [-0.2, -0.15) is 0 Å². The highest BCUT2D eigenvalue weighted by Gasteiger charge is 2.25. The summed E-state index contributed by atoms with van der Waals surface area (Å²) in [5, 5.41) is 24.5. The summed E-state index contributed by atoms with van der Waals surface area (Å²) >= 11 is 5.83. The number of nitro groups is 1. The molecule has 0 saturated carbocycles. The number of hydrogen-bond donors (Lipinski definition) is 2. The van der Waals surface area contributed by atoms with E-state index in [0.29, 0.717) is 16.3 Å². The minimum Gasteiger partial charge on any atom is -0.383 e. The lowest BCUT2D eigenvalue weighted by Gasteiger charge is -2.24. The van der Waals surface area contributed by atoms with E-state index in [1.54, 1.807) is 24.3 Å². The lowest BCUT2D eigenvalue weighted by Crippen LogP contribution is -2.31. The van der Waals surface area contributed by atoms with Gasteiger partial charge in [-0.25, -0.2) is 0 Å². The van der Waals surface area contributed by atoms with Crippen LogP contribution in [-0.4, -0.2) is 21.9 Å². The molecule has 0 unspecified atom stereocenters. The Labute approximate surface area is 137 Å². The number of hydrogen-bond acceptors (Lipinski definition) is 5. The van der Waals surface area contributed by atoms with Gasteiger partial charge in [-0.1, -0.05) is 23.7 Å². The molecular formula is C16H15ClN2O4. The number of non-ortho nitro benzene ring substituents is 1. The zero-order chi connectivity index (χ0) is 17.0. The van der Waals surface area contributed by atoms with Crippen LogP contribution in [0.1, 0.15) is 18.5 Å². The molecule has 0 amide bonds. The summed E-state index contributed by atoms with van der Waals surface area (Å²) < 4.78 is 0. The van der Waals surface area contributed by atoms with Crippen molar-refractivity contribution in [2.75, 3.05) is 5.32 Å². The second-order valence-corrected chi connectivity index (χ2v) is 5.47. The fourth-order valence-electron chi connectivity index (χ4n) is 2.11. The second-order valence-electron chi connectivity index (χ2n) is 5.03. The second kappa shape index (κ2) is 7.21. The topological polar surface area (TPSA) is 92.5 Å². The first kappa shape index (κ1) is 16.9. The number of aliphatic hydroxyl groups is 1. The first-order valence-electron chi connectivity index (χ1n) is 6.83. The lowest BCUT2D eigenvalue weighted by atomic mass is 9.98. The Kier molecular flexibility index (Phi) is 5.31. The number of aliphatic hydroxyl groups excluding tert-OH is 1. The maximum atomic E-state index is 11.6. The third kappa shape index (κ3) is 4.28. The van der Waals surface area contributed by atoms with Gasteiger partial charge in [0, 0.05) is 22.8 Å². The van der Waals surface area contributed by atoms with Crippen molar-refractivity contribution in [1.82, 2.24) is 0 Å². The molecule has 0 spiro atoms. The predicted molar refractivity (Wildman–Crippen MR) is 87.6 cm³/mol. The maximum Gasteiger partial charge on any atom is 0.269 e. The summed E-state index contributed by atoms with van der Waals surface area (Å²) in [6.45, 7) is 1.28. The van der Waals surface area contributed by atoms with Crippen molar-refractivity contribution in [3.63, 3.8) is 0 Å². The number of carbonyl (C=O) groups is 1. The summed E-state index contributed by atoms with van der Waals surface area (Å²) in [4.78, 5) is 21.8. The quantitative estimate of drug-likeness (QED) is 0.624. The first-order valence-corrected chi connectivity index (χ1v) is 7.21. The molecule has 2 atom stereocenters. The molecule has 0 aliphatic carbocycles. The number of nitrogens with one attached hydrogen (secondary N) is 1. The van der Waals surface area contributed by atoms with Crippen LogP contribution < -0.4 is 5.32 Å². The van der Waals surface area contributed by atoms with Crippen molar-refractivity contribution in [3.8, 4) is 0 Å². The summed E-state index contributed by atoms with van der Waals surface area (Å²) in [6.07, 6.45) is -1.29. The van der Waals surface area contributed by atoms with Crippen molar-refractivity contribution in [3.05, 3.63) is 69.2 Å². The molecule has 7 heteroatoms. The van der Waals surface area contributed by atoms with E-state index in [9.17, 15) is 20.0 Å². The van der Waals surface area contributed by atoms with Crippen molar-refractivity contribution in [2.24, 2.45) is 0 Å². The van der Waals surface area contributed by atoms with Gasteiger partial charge in [-0.15, -0.1) is 0 Å². The zero-order valence-electron chi connectivity index (χ0n) is 12.3. The van der Waals surface area contributed by atoms with Gasteiger partial charge in [0.2, 0.25) is 0 Å². The molecule has 0 bridgehead atoms. The number of halogens is 1. The van der Waals surface area contributed by atoms with Crippen LogP contribution in [0.2, 0.25) is 5.02 Å². The minimum absolute atomic E-state index is 0.0590. The highest BCUT2D eigenvalue weighted by atomic mass is 35.5. The molecule has 0 aliphatic rings. The SMILES string of the molecule is CC(=O)[C@@H](O)[C@H](Nc1ccc(Cl)cc1)c1ccc([N+](=O)[O-])cc1. The number of rotatable bonds is 6. The predicted octanol–water partition coefficient (Wildman–Crippen LogP) is 3.35. The van der Waals surface area contributed by atoms with Gasteiger partial charge in [0.1, 0.15) is 6.10 Å². The highest BCUT2D eigenvalue weighted by Crippen LogP contribution is 2.26. The fraction of sp³-hybridized carbons (Fsp3) is 0.188. The third-order valence-electron chi connectivity index (χ3n) is 3.36. The largest absolute Gasteiger partial charge is 0.383 e. The van der Waals surface area contributed by atoms with Crippen molar-refractivity contribution >= 4 is 28.8 Å². The molecule has 2 N–H and O–H groups in total. The van der Waals surface area contributed by atoms with Gasteiger partial charge in [0.05, 0.1) is 11.0 Å². The van der Waals surface area contributed by atoms with Gasteiger partial charge in [0.15, 0.2) is 5.78 Å². The van der Waals surface area contributed by atoms with Crippen LogP contribution in [0, 0.1) is 10.1 Å². The number of nitro benzene ring substituents is 1. The number of Topliss-reactive ketones (excluding diaryl/α,β-unsaturated/α-hetero) is 1. The average Bonchev–Trinajstić information content (AvgIpc) is 2.53. The Balaban J connectivity index is 2.31. The van der Waals surface area contributed by atoms with Crippen LogP contribution in [0.3, 0.4) is 0 Å². The van der Waals surface area contributed by atoms with E-state index in [0.717, 1.165) is 0 Å². The fourth-order valence-corrected chi connectivity index (χ4v) is 2.23. The van der Waals surface area contributed by atoms with E-state index in [-0.39, 0.29) is 5.69 Å². The monoisotopic (exact) mass is 334 g/mol. The standard InChI is InChI=1S/C16H15ClN2O4/c1-10(20)16(21)15(18-13-6-4-12(17)5-7-13)11-2-8-14(9-3-11)19(22)23/h2-9,15-16,18,21H,1H3/t15-,16-/m1/s1. The molecule has 6 nitrogen and oxygen atoms in total. The Bertz CT molecular complexity index is 701. The van der Waals surface area contributed by atoms with Crippen molar-refractivity contribution < 1.29 is 14.8 Å². The minimum atomic E-state index is -1.29. The van der Waals surface area contributed by atoms with Crippen LogP contribution in [0.15, 0.2) is 48.5 Å². The Hall–Kier alpha value is -2.44. The van der Waals surface area contributed by atoms with Gasteiger partial charge in [0.25, 0.3) is 5.69 Å². The number of benzene rings is 2. The molecule has 0 fully saturated rings. The Morgan fingerprint density at radius 1 is 1.17 bits per heavy atom. The van der Waals surface area contributed by atoms with E-state index in [4.69, 9.17) is 11.6 Å². The smallest absolute Gasteiger partial charge is 0.269 e. The highest BCUT2D eigenvalue weighted by molar-refractivity contribution is 6.30. The van der Waals surface area contributed by atoms with E-state index < -0.39 is 22.9 Å². The van der Waals surface area contributed by atoms with Crippen LogP contribution in [0.25, 0.3) is 0 Å². The number of nitrogens with zero attached hydrogens (tertiary/aromatic N) is 1. The Morgan fingerprint density at radius 2 is 1.74 bits per heavy atom. The van der Waals surface area contributed by atoms with Crippen molar-refractivity contribution in [2.45, 2.75) is 19.1 Å². The van der Waals surface area contributed by atoms with E-state index >= 15 is 0 Å². The molecule has 0 saturated heterocycles. The molecule has 2 rings (SSSR count). The molecule has 0 aromatic heterocycles. The Morgan fingerprint density at radius 3 is 2.22 bits per heavy atom. The van der Waals surface area contributed by atoms with Crippen LogP contribution in [0.5, 0.6) is 0 Å². The summed E-state index contributed by atoms with van der Waals surface area (Å²) in [7, 11) is 0. The summed E-state index contributed by atoms with van der Waals surface area (Å²) in [6, 6.07) is 11.7. The zero-order valence-corrected chi connectivity index (χ0v) is 13.0. The van der Waals surface area contributed by atoms with Gasteiger partial charge < -0.3 is 10.4 Å². The van der Waals surface area contributed by atoms with Crippen LogP contribution >= 0.6 is 11.6 Å². The maximum absolute atomic E-state index is 11.6. The first-order chi connectivity index (χ1) is 10.9. The van der Waals surface area contributed by atoms with E-state index in [1.165, 1.54) is 31.2 Å². The molecule has 2 aromatic rings. The van der Waals surface area contributed by atoms with Crippen LogP contribution in [0.4, 0.5) is 11.4 Å². The molecule has 23 heavy (non-hydrogen) atoms. The van der Waals surface area contributed by atoms with Crippen molar-refractivity contribution in [1.29, 1.82) is 0 Å². The molecular weight excluding hydrogens is 320 g/mol. The molecule has 0 aliphatic heterocycles. The molecule has 0 heterocycles. The van der Waals surface area contributed by atoms with E-state index in [1.807, 2.05) is 0 Å². The van der Waals surface area contributed by atoms with Gasteiger partial charge >= 0.3 is 0 Å². The summed E-state index contributed by atoms with van der Waals surface area (Å²) in [5.74, 6) is -0.408. The number of carbonyl (C=O) groups excluding carboxylic acids is 1. The number of anilines is 1.